The predicted molar refractivity (Wildman–Crippen MR) is 67.0 cm³/mol. The number of piperidine rings is 1. The summed E-state index contributed by atoms with van der Waals surface area (Å²) >= 11 is 0. The van der Waals surface area contributed by atoms with E-state index < -0.39 is 0 Å². The smallest absolute Gasteiger partial charge is 0.126 e. The van der Waals surface area contributed by atoms with E-state index in [0.717, 1.165) is 37.3 Å². The number of pyridine rings is 1. The normalized spacial score (nSPS) is 17.0. The van der Waals surface area contributed by atoms with Gasteiger partial charge in [-0.05, 0) is 38.1 Å². The van der Waals surface area contributed by atoms with Crippen LogP contribution >= 0.6 is 0 Å². The van der Waals surface area contributed by atoms with Crippen LogP contribution in [-0.4, -0.2) is 24.1 Å². The molecule has 0 spiro atoms. The lowest BCUT2D eigenvalue weighted by Crippen LogP contribution is -2.35. The molecule has 4 N–H and O–H groups in total. The molecule has 86 valence electrons. The summed E-state index contributed by atoms with van der Waals surface area (Å²) < 4.78 is 0. The van der Waals surface area contributed by atoms with Crippen molar-refractivity contribution in [2.75, 3.05) is 18.4 Å². The molecule has 1 aliphatic heterocycles. The quantitative estimate of drug-likeness (QED) is 0.713. The number of anilines is 1. The highest BCUT2D eigenvalue weighted by molar-refractivity contribution is 5.62. The van der Waals surface area contributed by atoms with Gasteiger partial charge in [0.25, 0.3) is 0 Å². The molecule has 0 unspecified atom stereocenters. The zero-order valence-corrected chi connectivity index (χ0v) is 9.37. The van der Waals surface area contributed by atoms with Gasteiger partial charge in [-0.25, -0.2) is 4.98 Å². The number of hydrogen-bond donors (Lipinski definition) is 3. The number of nitrogens with zero attached hydrogens (tertiary/aromatic N) is 1. The van der Waals surface area contributed by atoms with Gasteiger partial charge in [-0.2, -0.15) is 0 Å². The van der Waals surface area contributed by atoms with E-state index in [1.165, 1.54) is 0 Å². The van der Waals surface area contributed by atoms with Gasteiger partial charge in [0.2, 0.25) is 0 Å². The first-order valence-electron chi connectivity index (χ1n) is 5.64. The third-order valence-corrected chi connectivity index (χ3v) is 2.82. The summed E-state index contributed by atoms with van der Waals surface area (Å²) in [5, 5.41) is 6.76. The number of rotatable bonds is 3. The second-order valence-corrected chi connectivity index (χ2v) is 4.12. The van der Waals surface area contributed by atoms with Gasteiger partial charge in [-0.1, -0.05) is 6.58 Å². The van der Waals surface area contributed by atoms with Gasteiger partial charge in [-0.3, -0.25) is 0 Å². The van der Waals surface area contributed by atoms with Crippen LogP contribution in [0.3, 0.4) is 0 Å². The van der Waals surface area contributed by atoms with E-state index in [4.69, 9.17) is 5.73 Å². The Morgan fingerprint density at radius 2 is 2.25 bits per heavy atom. The summed E-state index contributed by atoms with van der Waals surface area (Å²) in [4.78, 5) is 4.29. The van der Waals surface area contributed by atoms with E-state index in [9.17, 15) is 0 Å². The van der Waals surface area contributed by atoms with Crippen molar-refractivity contribution in [3.8, 4) is 0 Å². The molecule has 1 aliphatic rings. The first-order valence-corrected chi connectivity index (χ1v) is 5.64. The summed E-state index contributed by atoms with van der Waals surface area (Å²) in [6, 6.07) is 4.33. The molecule has 0 bridgehead atoms. The summed E-state index contributed by atoms with van der Waals surface area (Å²) in [5.74, 6) is 0.885. The van der Waals surface area contributed by atoms with Crippen molar-refractivity contribution < 1.29 is 0 Å². The van der Waals surface area contributed by atoms with Gasteiger partial charge in [0, 0.05) is 23.5 Å². The minimum absolute atomic E-state index is 0.509. The third kappa shape index (κ3) is 2.73. The Bertz CT molecular complexity index is 369. The SMILES string of the molecule is C=C(N)c1ccnc(NC2CCNCC2)c1. The van der Waals surface area contributed by atoms with E-state index >= 15 is 0 Å². The maximum atomic E-state index is 5.66. The molecule has 0 saturated carbocycles. The average molecular weight is 218 g/mol. The molecule has 0 radical (unpaired) electrons. The van der Waals surface area contributed by atoms with E-state index in [-0.39, 0.29) is 0 Å². The molecule has 0 atom stereocenters. The molecule has 2 rings (SSSR count). The molecule has 16 heavy (non-hydrogen) atoms. The van der Waals surface area contributed by atoms with Crippen LogP contribution < -0.4 is 16.4 Å². The van der Waals surface area contributed by atoms with E-state index in [1.807, 2.05) is 12.1 Å². The first kappa shape index (κ1) is 11.0. The van der Waals surface area contributed by atoms with E-state index in [2.05, 4.69) is 22.2 Å². The molecule has 1 aromatic rings. The molecule has 1 fully saturated rings. The van der Waals surface area contributed by atoms with Crippen molar-refractivity contribution in [1.82, 2.24) is 10.3 Å². The molecule has 4 nitrogen and oxygen atoms in total. The van der Waals surface area contributed by atoms with Crippen molar-refractivity contribution in [2.45, 2.75) is 18.9 Å². The van der Waals surface area contributed by atoms with Gasteiger partial charge >= 0.3 is 0 Å². The Morgan fingerprint density at radius 1 is 1.50 bits per heavy atom. The van der Waals surface area contributed by atoms with Gasteiger partial charge in [0.1, 0.15) is 5.82 Å². The average Bonchev–Trinajstić information content (AvgIpc) is 2.30. The summed E-state index contributed by atoms with van der Waals surface area (Å²) in [7, 11) is 0. The highest BCUT2D eigenvalue weighted by atomic mass is 15.0. The zero-order valence-electron chi connectivity index (χ0n) is 9.37. The molecule has 0 amide bonds. The Kier molecular flexibility index (Phi) is 3.41. The van der Waals surface area contributed by atoms with Crippen LogP contribution in [0.1, 0.15) is 18.4 Å². The molecular formula is C12H18N4. The lowest BCUT2D eigenvalue weighted by Gasteiger charge is -2.24. The molecular weight excluding hydrogens is 200 g/mol. The van der Waals surface area contributed by atoms with Crippen molar-refractivity contribution in [3.63, 3.8) is 0 Å². The number of hydrogen-bond acceptors (Lipinski definition) is 4. The molecule has 1 aromatic heterocycles. The van der Waals surface area contributed by atoms with Crippen LogP contribution in [-0.2, 0) is 0 Å². The maximum Gasteiger partial charge on any atom is 0.126 e. The minimum atomic E-state index is 0.509. The van der Waals surface area contributed by atoms with Crippen LogP contribution in [0, 0.1) is 0 Å². The summed E-state index contributed by atoms with van der Waals surface area (Å²) in [6.07, 6.45) is 4.03. The minimum Gasteiger partial charge on any atom is -0.399 e. The van der Waals surface area contributed by atoms with Crippen molar-refractivity contribution in [1.29, 1.82) is 0 Å². The molecule has 0 aliphatic carbocycles. The third-order valence-electron chi connectivity index (χ3n) is 2.82. The number of nitrogens with two attached hydrogens (primary N) is 1. The second kappa shape index (κ2) is 4.99. The monoisotopic (exact) mass is 218 g/mol. The van der Waals surface area contributed by atoms with Gasteiger partial charge in [-0.15, -0.1) is 0 Å². The highest BCUT2D eigenvalue weighted by Gasteiger charge is 2.12. The second-order valence-electron chi connectivity index (χ2n) is 4.12. The van der Waals surface area contributed by atoms with Crippen molar-refractivity contribution in [2.24, 2.45) is 5.73 Å². The predicted octanol–water partition coefficient (Wildman–Crippen LogP) is 1.17. The summed E-state index contributed by atoms with van der Waals surface area (Å²) in [5.41, 5.74) is 7.17. The molecule has 4 heteroatoms. The largest absolute Gasteiger partial charge is 0.399 e. The van der Waals surface area contributed by atoms with Crippen molar-refractivity contribution in [3.05, 3.63) is 30.5 Å². The van der Waals surface area contributed by atoms with Crippen LogP contribution in [0.15, 0.2) is 24.9 Å². The van der Waals surface area contributed by atoms with Crippen LogP contribution in [0.2, 0.25) is 0 Å². The van der Waals surface area contributed by atoms with E-state index in [0.29, 0.717) is 11.7 Å². The van der Waals surface area contributed by atoms with Crippen LogP contribution in [0.4, 0.5) is 5.82 Å². The molecule has 1 saturated heterocycles. The van der Waals surface area contributed by atoms with E-state index in [1.54, 1.807) is 6.20 Å². The van der Waals surface area contributed by atoms with Crippen LogP contribution in [0.5, 0.6) is 0 Å². The number of aromatic nitrogens is 1. The lowest BCUT2D eigenvalue weighted by molar-refractivity contribution is 0.478. The van der Waals surface area contributed by atoms with Gasteiger partial charge in [0.05, 0.1) is 0 Å². The standard InChI is InChI=1S/C12H18N4/c1-9(13)10-2-7-15-12(8-10)16-11-3-5-14-6-4-11/h2,7-8,11,14H,1,3-6,13H2,(H,15,16). The van der Waals surface area contributed by atoms with Crippen LogP contribution in [0.25, 0.3) is 5.70 Å². The Labute approximate surface area is 95.9 Å². The van der Waals surface area contributed by atoms with Gasteiger partial charge in [0.15, 0.2) is 0 Å². The fourth-order valence-electron chi connectivity index (χ4n) is 1.88. The van der Waals surface area contributed by atoms with Crippen molar-refractivity contribution >= 4 is 11.5 Å². The van der Waals surface area contributed by atoms with Gasteiger partial charge < -0.3 is 16.4 Å². The Balaban J connectivity index is 2.02. The maximum absolute atomic E-state index is 5.66. The highest BCUT2D eigenvalue weighted by Crippen LogP contribution is 2.14. The molecule has 0 aromatic carbocycles. The fourth-order valence-corrected chi connectivity index (χ4v) is 1.88. The summed E-state index contributed by atoms with van der Waals surface area (Å²) in [6.45, 7) is 5.87. The number of nitrogens with one attached hydrogen (secondary N) is 2. The Hall–Kier alpha value is -1.55. The first-order chi connectivity index (χ1) is 7.75. The molecule has 2 heterocycles. The zero-order chi connectivity index (χ0) is 11.4. The Morgan fingerprint density at radius 3 is 2.94 bits per heavy atom. The fraction of sp³-hybridized carbons (Fsp3) is 0.417. The lowest BCUT2D eigenvalue weighted by atomic mass is 10.1. The topological polar surface area (TPSA) is 63.0 Å².